The van der Waals surface area contributed by atoms with E-state index in [4.69, 9.17) is 11.6 Å². The summed E-state index contributed by atoms with van der Waals surface area (Å²) in [7, 11) is 0. The van der Waals surface area contributed by atoms with Crippen LogP contribution in [0.2, 0.25) is 5.02 Å². The number of carboxylic acids is 1. The predicted octanol–water partition coefficient (Wildman–Crippen LogP) is 3.22. The number of aromatic carboxylic acids is 1. The molecule has 0 aliphatic heterocycles. The molecule has 1 aromatic heterocycles. The van der Waals surface area contributed by atoms with Crippen LogP contribution < -0.4 is 0 Å². The van der Waals surface area contributed by atoms with Crippen molar-refractivity contribution >= 4 is 23.4 Å². The SMILES string of the molecule is CC(C)(C)n1ncc(C(=O)c2cccc(Cl)c2)c1C(=O)O. The van der Waals surface area contributed by atoms with Crippen molar-refractivity contribution in [1.29, 1.82) is 0 Å². The van der Waals surface area contributed by atoms with Gasteiger partial charge < -0.3 is 5.11 Å². The second-order valence-corrected chi connectivity index (χ2v) is 6.07. The van der Waals surface area contributed by atoms with Crippen LogP contribution in [-0.2, 0) is 5.54 Å². The standard InChI is InChI=1S/C15H15ClN2O3/c1-15(2,3)18-12(14(20)21)11(8-17-18)13(19)9-5-4-6-10(16)7-9/h4-8H,1-3H3,(H,20,21). The Morgan fingerprint density at radius 2 is 1.95 bits per heavy atom. The van der Waals surface area contributed by atoms with Crippen LogP contribution in [0.1, 0.15) is 47.2 Å². The first-order valence-corrected chi connectivity index (χ1v) is 6.71. The molecule has 1 N–H and O–H groups in total. The minimum atomic E-state index is -1.19. The van der Waals surface area contributed by atoms with Gasteiger partial charge in [0.2, 0.25) is 0 Å². The Labute approximate surface area is 127 Å². The maximum absolute atomic E-state index is 12.5. The second-order valence-electron chi connectivity index (χ2n) is 5.63. The fraction of sp³-hybridized carbons (Fsp3) is 0.267. The average Bonchev–Trinajstić information content (AvgIpc) is 2.82. The fourth-order valence-corrected chi connectivity index (χ4v) is 2.20. The highest BCUT2D eigenvalue weighted by molar-refractivity contribution is 6.31. The lowest BCUT2D eigenvalue weighted by molar-refractivity contribution is 0.0670. The summed E-state index contributed by atoms with van der Waals surface area (Å²) in [5.41, 5.74) is -0.272. The van der Waals surface area contributed by atoms with E-state index in [0.717, 1.165) is 0 Å². The van der Waals surface area contributed by atoms with E-state index >= 15 is 0 Å². The average molecular weight is 307 g/mol. The summed E-state index contributed by atoms with van der Waals surface area (Å²) in [5.74, 6) is -1.60. The molecule has 0 aliphatic rings. The highest BCUT2D eigenvalue weighted by Crippen LogP contribution is 2.22. The molecule has 0 bridgehead atoms. The summed E-state index contributed by atoms with van der Waals surface area (Å²) in [6, 6.07) is 6.39. The van der Waals surface area contributed by atoms with Crippen LogP contribution in [-0.4, -0.2) is 26.6 Å². The number of benzene rings is 1. The molecule has 0 atom stereocenters. The van der Waals surface area contributed by atoms with Crippen molar-refractivity contribution in [3.63, 3.8) is 0 Å². The number of aromatic nitrogens is 2. The third-order valence-electron chi connectivity index (χ3n) is 2.94. The fourth-order valence-electron chi connectivity index (χ4n) is 2.01. The largest absolute Gasteiger partial charge is 0.477 e. The number of halogens is 1. The Morgan fingerprint density at radius 1 is 1.29 bits per heavy atom. The van der Waals surface area contributed by atoms with Crippen molar-refractivity contribution in [3.05, 3.63) is 52.3 Å². The van der Waals surface area contributed by atoms with E-state index in [1.165, 1.54) is 16.9 Å². The second kappa shape index (κ2) is 5.33. The zero-order chi connectivity index (χ0) is 15.8. The first kappa shape index (κ1) is 15.3. The van der Waals surface area contributed by atoms with Crippen molar-refractivity contribution in [2.75, 3.05) is 0 Å². The lowest BCUT2D eigenvalue weighted by Gasteiger charge is -2.21. The van der Waals surface area contributed by atoms with Crippen LogP contribution in [0.5, 0.6) is 0 Å². The Balaban J connectivity index is 2.57. The smallest absolute Gasteiger partial charge is 0.354 e. The van der Waals surface area contributed by atoms with Gasteiger partial charge in [-0.1, -0.05) is 23.7 Å². The van der Waals surface area contributed by atoms with Gasteiger partial charge in [-0.15, -0.1) is 0 Å². The molecular formula is C15H15ClN2O3. The quantitative estimate of drug-likeness (QED) is 0.884. The van der Waals surface area contributed by atoms with Gasteiger partial charge in [-0.25, -0.2) is 4.79 Å². The number of ketones is 1. The minimum Gasteiger partial charge on any atom is -0.477 e. The molecule has 6 heteroatoms. The number of rotatable bonds is 3. The summed E-state index contributed by atoms with van der Waals surface area (Å²) in [5, 5.41) is 13.9. The normalized spacial score (nSPS) is 11.4. The van der Waals surface area contributed by atoms with Crippen LogP contribution in [0, 0.1) is 0 Å². The molecular weight excluding hydrogens is 292 g/mol. The topological polar surface area (TPSA) is 72.2 Å². The van der Waals surface area contributed by atoms with Crippen LogP contribution in [0.25, 0.3) is 0 Å². The lowest BCUT2D eigenvalue weighted by atomic mass is 10.0. The van der Waals surface area contributed by atoms with E-state index in [0.29, 0.717) is 10.6 Å². The van der Waals surface area contributed by atoms with E-state index in [9.17, 15) is 14.7 Å². The molecule has 1 heterocycles. The van der Waals surface area contributed by atoms with E-state index < -0.39 is 17.3 Å². The number of nitrogens with zero attached hydrogens (tertiary/aromatic N) is 2. The maximum Gasteiger partial charge on any atom is 0.354 e. The Kier molecular flexibility index (Phi) is 3.87. The van der Waals surface area contributed by atoms with E-state index in [-0.39, 0.29) is 11.3 Å². The molecule has 0 spiro atoms. The van der Waals surface area contributed by atoms with Gasteiger partial charge >= 0.3 is 5.97 Å². The Bertz CT molecular complexity index is 714. The highest BCUT2D eigenvalue weighted by Gasteiger charge is 2.28. The zero-order valence-electron chi connectivity index (χ0n) is 11.9. The third kappa shape index (κ3) is 2.97. The lowest BCUT2D eigenvalue weighted by Crippen LogP contribution is -2.28. The Morgan fingerprint density at radius 3 is 2.48 bits per heavy atom. The first-order chi connectivity index (χ1) is 9.71. The summed E-state index contributed by atoms with van der Waals surface area (Å²) >= 11 is 5.87. The zero-order valence-corrected chi connectivity index (χ0v) is 12.7. The maximum atomic E-state index is 12.5. The van der Waals surface area contributed by atoms with Crippen LogP contribution in [0.15, 0.2) is 30.5 Å². The predicted molar refractivity (Wildman–Crippen MR) is 79.1 cm³/mol. The van der Waals surface area contributed by atoms with Crippen molar-refractivity contribution in [3.8, 4) is 0 Å². The van der Waals surface area contributed by atoms with Gasteiger partial charge in [-0.2, -0.15) is 5.10 Å². The summed E-state index contributed by atoms with van der Waals surface area (Å²) in [6.45, 7) is 5.46. The van der Waals surface area contributed by atoms with Gasteiger partial charge in [0.15, 0.2) is 11.5 Å². The monoisotopic (exact) mass is 306 g/mol. The number of hydrogen-bond acceptors (Lipinski definition) is 3. The molecule has 21 heavy (non-hydrogen) atoms. The van der Waals surface area contributed by atoms with Crippen molar-refractivity contribution in [1.82, 2.24) is 9.78 Å². The summed E-state index contributed by atoms with van der Waals surface area (Å²) < 4.78 is 1.34. The first-order valence-electron chi connectivity index (χ1n) is 6.34. The van der Waals surface area contributed by atoms with Gasteiger partial charge in [-0.05, 0) is 32.9 Å². The van der Waals surface area contributed by atoms with Crippen molar-refractivity contribution in [2.45, 2.75) is 26.3 Å². The molecule has 0 radical (unpaired) electrons. The van der Waals surface area contributed by atoms with Crippen LogP contribution >= 0.6 is 11.6 Å². The molecule has 0 amide bonds. The van der Waals surface area contributed by atoms with Gasteiger partial charge in [0.05, 0.1) is 17.3 Å². The molecule has 0 saturated heterocycles. The van der Waals surface area contributed by atoms with Gasteiger partial charge in [0, 0.05) is 10.6 Å². The molecule has 2 aromatic rings. The molecule has 0 fully saturated rings. The van der Waals surface area contributed by atoms with E-state index in [1.54, 1.807) is 18.2 Å². The number of carbonyl (C=O) groups is 2. The van der Waals surface area contributed by atoms with Gasteiger partial charge in [-0.3, -0.25) is 9.48 Å². The molecule has 0 unspecified atom stereocenters. The minimum absolute atomic E-state index is 0.0553. The van der Waals surface area contributed by atoms with Crippen molar-refractivity contribution in [2.24, 2.45) is 0 Å². The van der Waals surface area contributed by atoms with Gasteiger partial charge in [0.1, 0.15) is 0 Å². The van der Waals surface area contributed by atoms with E-state index in [1.807, 2.05) is 20.8 Å². The molecule has 110 valence electrons. The Hall–Kier alpha value is -2.14. The summed E-state index contributed by atoms with van der Waals surface area (Å²) in [4.78, 5) is 24.0. The molecule has 0 aliphatic carbocycles. The van der Waals surface area contributed by atoms with E-state index in [2.05, 4.69) is 5.10 Å². The molecule has 0 saturated carbocycles. The van der Waals surface area contributed by atoms with Crippen molar-refractivity contribution < 1.29 is 14.7 Å². The van der Waals surface area contributed by atoms with Crippen LogP contribution in [0.3, 0.4) is 0 Å². The molecule has 5 nitrogen and oxygen atoms in total. The highest BCUT2D eigenvalue weighted by atomic mass is 35.5. The number of carboxylic acid groups (broad SMARTS) is 1. The van der Waals surface area contributed by atoms with Gasteiger partial charge in [0.25, 0.3) is 0 Å². The third-order valence-corrected chi connectivity index (χ3v) is 3.17. The molecule has 2 rings (SSSR count). The molecule has 1 aromatic carbocycles. The number of carbonyl (C=O) groups excluding carboxylic acids is 1. The number of hydrogen-bond donors (Lipinski definition) is 1. The summed E-state index contributed by atoms with van der Waals surface area (Å²) in [6.07, 6.45) is 1.29. The van der Waals surface area contributed by atoms with Crippen LogP contribution in [0.4, 0.5) is 0 Å².